The third-order valence-corrected chi connectivity index (χ3v) is 3.71. The molecule has 3 aromatic rings. The van der Waals surface area contributed by atoms with Crippen LogP contribution in [0.1, 0.15) is 16.7 Å². The standard InChI is InChI=1S/C21H21NO/c1-17-8-7-12-20(14-17)22-15-19-11-5-6-13-21(19)23-16-18-9-3-2-4-10-18/h2-14,22H,15-16H2,1H3. The molecule has 0 aromatic heterocycles. The van der Waals surface area contributed by atoms with Gasteiger partial charge in [-0.1, -0.05) is 60.7 Å². The number of ether oxygens (including phenoxy) is 1. The molecule has 2 nitrogen and oxygen atoms in total. The molecule has 3 aromatic carbocycles. The van der Waals surface area contributed by atoms with Crippen molar-refractivity contribution in [2.75, 3.05) is 5.32 Å². The smallest absolute Gasteiger partial charge is 0.124 e. The highest BCUT2D eigenvalue weighted by Crippen LogP contribution is 2.21. The molecule has 0 aliphatic heterocycles. The van der Waals surface area contributed by atoms with Gasteiger partial charge < -0.3 is 10.1 Å². The van der Waals surface area contributed by atoms with Gasteiger partial charge in [0.25, 0.3) is 0 Å². The maximum atomic E-state index is 6.00. The Balaban J connectivity index is 1.65. The Labute approximate surface area is 137 Å². The molecular formula is C21H21NO. The average Bonchev–Trinajstić information content (AvgIpc) is 2.60. The molecule has 0 atom stereocenters. The second-order valence-corrected chi connectivity index (χ2v) is 5.61. The zero-order valence-electron chi connectivity index (χ0n) is 13.3. The van der Waals surface area contributed by atoms with Crippen molar-refractivity contribution in [3.05, 3.63) is 95.6 Å². The van der Waals surface area contributed by atoms with Crippen molar-refractivity contribution in [3.8, 4) is 5.75 Å². The van der Waals surface area contributed by atoms with E-state index in [1.54, 1.807) is 0 Å². The molecule has 0 unspecified atom stereocenters. The molecule has 3 rings (SSSR count). The summed E-state index contributed by atoms with van der Waals surface area (Å²) in [7, 11) is 0. The van der Waals surface area contributed by atoms with E-state index in [0.717, 1.165) is 23.5 Å². The first-order valence-electron chi connectivity index (χ1n) is 7.86. The van der Waals surface area contributed by atoms with Gasteiger partial charge in [0.2, 0.25) is 0 Å². The minimum Gasteiger partial charge on any atom is -0.489 e. The summed E-state index contributed by atoms with van der Waals surface area (Å²) in [5, 5.41) is 3.46. The maximum absolute atomic E-state index is 6.00. The van der Waals surface area contributed by atoms with Crippen molar-refractivity contribution < 1.29 is 4.74 Å². The van der Waals surface area contributed by atoms with Crippen LogP contribution in [0.15, 0.2) is 78.9 Å². The van der Waals surface area contributed by atoms with Crippen LogP contribution in [-0.4, -0.2) is 0 Å². The molecule has 0 radical (unpaired) electrons. The fourth-order valence-electron chi connectivity index (χ4n) is 2.48. The molecule has 0 aliphatic carbocycles. The van der Waals surface area contributed by atoms with Crippen LogP contribution < -0.4 is 10.1 Å². The number of nitrogens with one attached hydrogen (secondary N) is 1. The van der Waals surface area contributed by atoms with Gasteiger partial charge in [0.1, 0.15) is 12.4 Å². The average molecular weight is 303 g/mol. The summed E-state index contributed by atoms with van der Waals surface area (Å²) in [4.78, 5) is 0. The van der Waals surface area contributed by atoms with Crippen molar-refractivity contribution in [2.24, 2.45) is 0 Å². The summed E-state index contributed by atoms with van der Waals surface area (Å²) in [5.41, 5.74) is 4.71. The molecule has 0 heterocycles. The Morgan fingerprint density at radius 3 is 2.43 bits per heavy atom. The van der Waals surface area contributed by atoms with Gasteiger partial charge in [-0.3, -0.25) is 0 Å². The third-order valence-electron chi connectivity index (χ3n) is 3.71. The van der Waals surface area contributed by atoms with Gasteiger partial charge in [-0.05, 0) is 36.2 Å². The van der Waals surface area contributed by atoms with Crippen molar-refractivity contribution in [2.45, 2.75) is 20.1 Å². The highest BCUT2D eigenvalue weighted by molar-refractivity contribution is 5.47. The molecule has 2 heteroatoms. The first-order chi connectivity index (χ1) is 11.3. The minimum absolute atomic E-state index is 0.586. The Morgan fingerprint density at radius 2 is 1.61 bits per heavy atom. The molecule has 0 bridgehead atoms. The maximum Gasteiger partial charge on any atom is 0.124 e. The van der Waals surface area contributed by atoms with E-state index in [-0.39, 0.29) is 0 Å². The first kappa shape index (κ1) is 15.2. The summed E-state index contributed by atoms with van der Waals surface area (Å²) in [6, 6.07) is 26.8. The zero-order chi connectivity index (χ0) is 15.9. The van der Waals surface area contributed by atoms with Crippen molar-refractivity contribution >= 4 is 5.69 Å². The zero-order valence-corrected chi connectivity index (χ0v) is 13.3. The quantitative estimate of drug-likeness (QED) is 0.677. The molecule has 23 heavy (non-hydrogen) atoms. The highest BCUT2D eigenvalue weighted by Gasteiger charge is 2.03. The van der Waals surface area contributed by atoms with Gasteiger partial charge in [0, 0.05) is 17.8 Å². The lowest BCUT2D eigenvalue weighted by Gasteiger charge is -2.13. The van der Waals surface area contributed by atoms with E-state index in [0.29, 0.717) is 6.61 Å². The van der Waals surface area contributed by atoms with Gasteiger partial charge in [0.15, 0.2) is 0 Å². The van der Waals surface area contributed by atoms with Gasteiger partial charge >= 0.3 is 0 Å². The normalized spacial score (nSPS) is 10.3. The van der Waals surface area contributed by atoms with Crippen molar-refractivity contribution in [3.63, 3.8) is 0 Å². The lowest BCUT2D eigenvalue weighted by atomic mass is 10.1. The molecule has 0 saturated heterocycles. The number of aryl methyl sites for hydroxylation is 1. The van der Waals surface area contributed by atoms with E-state index in [1.165, 1.54) is 11.1 Å². The van der Waals surface area contributed by atoms with E-state index in [9.17, 15) is 0 Å². The van der Waals surface area contributed by atoms with Gasteiger partial charge in [0.05, 0.1) is 0 Å². The Hall–Kier alpha value is -2.74. The summed E-state index contributed by atoms with van der Waals surface area (Å²) in [6.45, 7) is 3.43. The van der Waals surface area contributed by atoms with E-state index in [2.05, 4.69) is 54.7 Å². The minimum atomic E-state index is 0.586. The topological polar surface area (TPSA) is 21.3 Å². The second kappa shape index (κ2) is 7.50. The number of benzene rings is 3. The number of hydrogen-bond acceptors (Lipinski definition) is 2. The fourth-order valence-corrected chi connectivity index (χ4v) is 2.48. The molecular weight excluding hydrogens is 282 g/mol. The number of hydrogen-bond donors (Lipinski definition) is 1. The second-order valence-electron chi connectivity index (χ2n) is 5.61. The van der Waals surface area contributed by atoms with Crippen molar-refractivity contribution in [1.82, 2.24) is 0 Å². The van der Waals surface area contributed by atoms with Gasteiger partial charge in [-0.25, -0.2) is 0 Å². The predicted molar refractivity (Wildman–Crippen MR) is 95.7 cm³/mol. The number of para-hydroxylation sites is 1. The molecule has 0 aliphatic rings. The predicted octanol–water partition coefficient (Wildman–Crippen LogP) is 5.19. The van der Waals surface area contributed by atoms with E-state index < -0.39 is 0 Å². The van der Waals surface area contributed by atoms with Crippen LogP contribution >= 0.6 is 0 Å². The Bertz CT molecular complexity index is 753. The third kappa shape index (κ3) is 4.36. The molecule has 0 amide bonds. The van der Waals surface area contributed by atoms with E-state index >= 15 is 0 Å². The lowest BCUT2D eigenvalue weighted by molar-refractivity contribution is 0.303. The first-order valence-corrected chi connectivity index (χ1v) is 7.86. The summed E-state index contributed by atoms with van der Waals surface area (Å²) in [6.07, 6.45) is 0. The summed E-state index contributed by atoms with van der Waals surface area (Å²) >= 11 is 0. The number of anilines is 1. The summed E-state index contributed by atoms with van der Waals surface area (Å²) < 4.78 is 6.00. The Morgan fingerprint density at radius 1 is 0.826 bits per heavy atom. The Kier molecular flexibility index (Phi) is 4.95. The van der Waals surface area contributed by atoms with Crippen LogP contribution in [0, 0.1) is 6.92 Å². The molecule has 0 saturated carbocycles. The van der Waals surface area contributed by atoms with Crippen LogP contribution in [0.2, 0.25) is 0 Å². The molecule has 0 spiro atoms. The molecule has 1 N–H and O–H groups in total. The van der Waals surface area contributed by atoms with E-state index in [4.69, 9.17) is 4.74 Å². The molecule has 116 valence electrons. The fraction of sp³-hybridized carbons (Fsp3) is 0.143. The van der Waals surface area contributed by atoms with Crippen molar-refractivity contribution in [1.29, 1.82) is 0 Å². The molecule has 0 fully saturated rings. The monoisotopic (exact) mass is 303 g/mol. The van der Waals surface area contributed by atoms with E-state index in [1.807, 2.05) is 36.4 Å². The lowest BCUT2D eigenvalue weighted by Crippen LogP contribution is -2.03. The van der Waals surface area contributed by atoms with Gasteiger partial charge in [-0.15, -0.1) is 0 Å². The van der Waals surface area contributed by atoms with Crippen LogP contribution in [0.3, 0.4) is 0 Å². The SMILES string of the molecule is Cc1cccc(NCc2ccccc2OCc2ccccc2)c1. The largest absolute Gasteiger partial charge is 0.489 e. The van der Waals surface area contributed by atoms with Crippen LogP contribution in [-0.2, 0) is 13.2 Å². The van der Waals surface area contributed by atoms with Crippen LogP contribution in [0.5, 0.6) is 5.75 Å². The number of rotatable bonds is 6. The summed E-state index contributed by atoms with van der Waals surface area (Å²) in [5.74, 6) is 0.927. The van der Waals surface area contributed by atoms with Crippen LogP contribution in [0.25, 0.3) is 0 Å². The highest BCUT2D eigenvalue weighted by atomic mass is 16.5. The van der Waals surface area contributed by atoms with Crippen LogP contribution in [0.4, 0.5) is 5.69 Å². The van der Waals surface area contributed by atoms with Gasteiger partial charge in [-0.2, -0.15) is 0 Å².